The molecule has 0 aliphatic heterocycles. The molecule has 0 bridgehead atoms. The molecular weight excluding hydrogens is 2210 g/mol. The standard InChI is InChI=1S/C47H46N10O12S6.C44H40N10O9S5.3K.4Li/c1-9-27-17-24(6)42(74(64,65)66)31(11-3)40(27)52-44-39(53-54-45-33(22-48)26(8)55-57(45)47-50-35-16-14-30(73(61,62)63)21-37(35)71-47)23(5)19-38(51-44)56(46-49-34-15-13-29(72(58,59)60)20-36(34)70-46)41-28(10-2)18-25(7)43(32(41)12-4)75(67,68)69;1-20-14-23(4)39(26(7)25(20)6)53(43-46-32-12-10-29(66(55,56)57)17-34(32)64-43)36-16-22(3)38(41(48-36)49-37-21(2)15-24(5)40(27(37)8)68(61,62)63)50-51-42-31(19-45)28(9)52-54(42)44-47-33-13-11-30(67(58,59)60)18-35(33)65-44;;;;;;;/h13-21H,9-12H2,1-8H3,(H,51,52)(H,58,59,60)(H,61,62,63)(H,64,65,66)(H,67,68,69);10-18H,1-9H3,(H,48,49)(H,55,56,57)(H,58,59,60)(H,61,62,63);;;;;;;/q;;7*+1/p-7. The fraction of sp³-hybridized carbons (Fsp3) is 0.231. The van der Waals surface area contributed by atoms with E-state index in [-0.39, 0.29) is 399 Å². The SMILES string of the molecule is CCc1cc(C)c(S(=O)(=O)[O-])c(CC)c1Nc1nc(N(c2nc3ccc(S(=O)(=O)[O-])cc3s2)c2c(CC)cc(C)c(S(=O)(=O)[O-])c2CC)cc(C)c1N=Nc1c(C#N)c(C)nn1-c1nc2ccc(S(=O)(=O)[O-])cc2s1.Cc1cc(C)c(N(c2cc(C)c(N=Nc3c(C#N)c(C)nn3-c3nc4ccc(S(=O)(=O)[O-])cc4s3)c(Nc3c(C)cc(C)c(S(=O)(=O)[O-])c3C)n2)c2nc3ccc(S(=O)(=O)[O-])cc3s2)c(C)c1C.[K+].[K+].[K+].[Li+].[Li+].[Li+].[Li+]. The number of nitrogens with zero attached hydrogens (tertiary/aromatic N) is 18. The summed E-state index contributed by atoms with van der Waals surface area (Å²) in [4.78, 5) is 29.0. The number of nitriles is 2. The number of fused-ring (bicyclic) bond motifs is 4. The fourth-order valence-electron chi connectivity index (χ4n) is 16.9. The van der Waals surface area contributed by atoms with Crippen LogP contribution in [0.2, 0.25) is 0 Å². The van der Waals surface area contributed by atoms with Gasteiger partial charge in [0.05, 0.1) is 97.9 Å². The summed E-state index contributed by atoms with van der Waals surface area (Å²) in [7, 11) is -34.5. The molecule has 0 saturated heterocycles. The van der Waals surface area contributed by atoms with Crippen molar-refractivity contribution in [2.24, 2.45) is 20.5 Å². The number of hydrogen-bond acceptors (Lipinski definition) is 43. The van der Waals surface area contributed by atoms with Crippen molar-refractivity contribution in [2.45, 2.75) is 178 Å². The summed E-state index contributed by atoms with van der Waals surface area (Å²) >= 11 is 3.98. The zero-order valence-corrected chi connectivity index (χ0v) is 104. The van der Waals surface area contributed by atoms with Gasteiger partial charge in [0.15, 0.2) is 33.5 Å². The first-order chi connectivity index (χ1) is 66.9. The summed E-state index contributed by atoms with van der Waals surface area (Å²) in [5.74, 6) is -0.0457. The molecule has 2 N–H and O–H groups in total. The van der Waals surface area contributed by atoms with Crippen LogP contribution in [0.5, 0.6) is 0 Å². The molecule has 150 heavy (non-hydrogen) atoms. The molecule has 0 aliphatic rings. The summed E-state index contributed by atoms with van der Waals surface area (Å²) < 4.78 is 264. The Morgan fingerprint density at radius 2 is 0.687 bits per heavy atom. The number of rotatable bonds is 27. The number of thiazole rings is 4. The average molecular weight is 2290 g/mol. The molecule has 41 nitrogen and oxygen atoms in total. The molecule has 0 unspecified atom stereocenters. The fourth-order valence-corrected chi connectivity index (χ4v) is 26.1. The second-order valence-corrected chi connectivity index (χ2v) is 46.5. The number of hydrogen-bond donors (Lipinski definition) is 2. The molecule has 59 heteroatoms. The van der Waals surface area contributed by atoms with Crippen LogP contribution in [0.3, 0.4) is 0 Å². The van der Waals surface area contributed by atoms with E-state index in [4.69, 9.17) is 19.9 Å². The summed E-state index contributed by atoms with van der Waals surface area (Å²) in [5.41, 5.74) is 10.1. The zero-order valence-electron chi connectivity index (χ0n) is 85.3. The van der Waals surface area contributed by atoms with Gasteiger partial charge in [-0.15, -0.1) is 20.5 Å². The van der Waals surface area contributed by atoms with E-state index in [2.05, 4.69) is 63.4 Å². The maximum absolute atomic E-state index is 13.1. The Morgan fingerprint density at radius 3 is 1.05 bits per heavy atom. The molecule has 0 radical (unpaired) electrons. The molecule has 0 amide bonds. The maximum Gasteiger partial charge on any atom is 1.00 e. The topological polar surface area (TPSA) is 641 Å². The third-order valence-electron chi connectivity index (χ3n) is 23.5. The van der Waals surface area contributed by atoms with Gasteiger partial charge in [-0.25, -0.2) is 88.8 Å². The van der Waals surface area contributed by atoms with Gasteiger partial charge in [0.2, 0.25) is 10.3 Å². The van der Waals surface area contributed by atoms with Crippen LogP contribution in [0.4, 0.5) is 79.3 Å². The van der Waals surface area contributed by atoms with Gasteiger partial charge in [-0.05, 0) is 284 Å². The van der Waals surface area contributed by atoms with E-state index in [0.29, 0.717) is 70.1 Å². The van der Waals surface area contributed by atoms with E-state index in [0.717, 1.165) is 97.9 Å². The second-order valence-electron chi connectivity index (χ2n) is 33.0. The van der Waals surface area contributed by atoms with Crippen LogP contribution in [-0.2, 0) is 96.5 Å². The summed E-state index contributed by atoms with van der Waals surface area (Å²) in [5, 5.41) is 55.3. The van der Waals surface area contributed by atoms with Crippen LogP contribution in [0.1, 0.15) is 134 Å². The minimum atomic E-state index is -5.14. The molecular formula is C91H79K3Li4N20O21S11. The van der Waals surface area contributed by atoms with Gasteiger partial charge in [-0.3, -0.25) is 9.80 Å². The van der Waals surface area contributed by atoms with Crippen molar-refractivity contribution in [1.82, 2.24) is 49.5 Å². The van der Waals surface area contributed by atoms with Crippen LogP contribution < -0.4 is 250 Å². The Bertz CT molecular complexity index is 9230. The first kappa shape index (κ1) is 129. The van der Waals surface area contributed by atoms with Gasteiger partial charge < -0.3 is 42.5 Å². The van der Waals surface area contributed by atoms with Crippen molar-refractivity contribution < 1.29 is 320 Å². The van der Waals surface area contributed by atoms with E-state index >= 15 is 0 Å². The van der Waals surface area contributed by atoms with Crippen molar-refractivity contribution in [2.75, 3.05) is 20.4 Å². The van der Waals surface area contributed by atoms with Gasteiger partial charge in [-0.1, -0.05) is 97.3 Å². The number of benzene rings is 8. The van der Waals surface area contributed by atoms with Gasteiger partial charge in [-0.2, -0.15) is 30.1 Å². The van der Waals surface area contributed by atoms with Gasteiger partial charge in [0.25, 0.3) is 0 Å². The number of azo groups is 2. The van der Waals surface area contributed by atoms with Crippen molar-refractivity contribution in [3.8, 4) is 22.4 Å². The van der Waals surface area contributed by atoms with Crippen LogP contribution in [-0.4, -0.2) is 140 Å². The average Bonchev–Trinajstić information content (AvgIpc) is 1.27. The van der Waals surface area contributed by atoms with Crippen LogP contribution in [0.25, 0.3) is 51.1 Å². The summed E-state index contributed by atoms with van der Waals surface area (Å²) in [6.45, 7) is 28.9. The quantitative estimate of drug-likeness (QED) is 0.0308. The number of aromatic nitrogens is 10. The van der Waals surface area contributed by atoms with Gasteiger partial charge in [0.1, 0.15) is 117 Å². The molecule has 8 heterocycles. The number of nitrogens with one attached hydrogen (secondary N) is 2. The molecule has 0 spiro atoms. The van der Waals surface area contributed by atoms with E-state index in [1.54, 1.807) is 70.7 Å². The monoisotopic (exact) mass is 2280 g/mol. The predicted molar refractivity (Wildman–Crippen MR) is 530 cm³/mol. The van der Waals surface area contributed by atoms with Crippen molar-refractivity contribution in [3.63, 3.8) is 0 Å². The van der Waals surface area contributed by atoms with Crippen molar-refractivity contribution >= 4 is 236 Å². The van der Waals surface area contributed by atoms with Crippen molar-refractivity contribution in [3.05, 3.63) is 215 Å². The van der Waals surface area contributed by atoms with E-state index in [1.165, 1.54) is 97.4 Å². The Labute approximate surface area is 1060 Å². The number of anilines is 10. The maximum atomic E-state index is 13.1. The third kappa shape index (κ3) is 26.6. The Morgan fingerprint density at radius 1 is 0.347 bits per heavy atom. The first-order valence-corrected chi connectivity index (χ1v) is 55.9. The number of aryl methyl sites for hydroxylation is 12. The molecule has 8 aromatic heterocycles. The van der Waals surface area contributed by atoms with Gasteiger partial charge in [0, 0.05) is 11.4 Å². The molecule has 0 fully saturated rings. The molecule has 16 rings (SSSR count). The molecule has 0 aliphatic carbocycles. The van der Waals surface area contributed by atoms with Crippen molar-refractivity contribution in [1.29, 1.82) is 10.5 Å². The molecule has 742 valence electrons. The smallest absolute Gasteiger partial charge is 0.744 e. The molecule has 16 aromatic rings. The third-order valence-corrected chi connectivity index (χ3v) is 34.1. The predicted octanol–water partition coefficient (Wildman–Crippen LogP) is -2.41. The molecule has 8 aromatic carbocycles. The Kier molecular flexibility index (Phi) is 43.2. The van der Waals surface area contributed by atoms with E-state index in [1.807, 2.05) is 47.6 Å². The first-order valence-electron chi connectivity index (χ1n) is 42.7. The minimum absolute atomic E-state index is 0. The number of pyridine rings is 2. The summed E-state index contributed by atoms with van der Waals surface area (Å²) in [6.07, 6.45) is 0.616. The van der Waals surface area contributed by atoms with E-state index < -0.39 is 105 Å². The molecule has 0 saturated carbocycles. The summed E-state index contributed by atoms with van der Waals surface area (Å²) in [6, 6.07) is 28.9. The van der Waals surface area contributed by atoms with E-state index in [9.17, 15) is 101 Å². The van der Waals surface area contributed by atoms with Crippen LogP contribution in [0, 0.1) is 113 Å². The zero-order chi connectivity index (χ0) is 104. The van der Waals surface area contributed by atoms with Crippen LogP contribution in [0.15, 0.2) is 164 Å². The Hall–Kier alpha value is -5.91. The normalized spacial score (nSPS) is 11.9. The Balaban J connectivity index is 0.000000350. The largest absolute Gasteiger partial charge is 1.00 e. The molecule has 0 atom stereocenters. The van der Waals surface area contributed by atoms with Gasteiger partial charge >= 0.3 is 230 Å². The second kappa shape index (κ2) is 50.1. The van der Waals surface area contributed by atoms with Crippen LogP contribution >= 0.6 is 45.3 Å². The minimum Gasteiger partial charge on any atom is -0.744 e.